The Morgan fingerprint density at radius 1 is 1.38 bits per heavy atom. The summed E-state index contributed by atoms with van der Waals surface area (Å²) < 4.78 is 31.7. The monoisotopic (exact) mass is 142 g/mol. The lowest BCUT2D eigenvalue weighted by atomic mass is 10.7. The van der Waals surface area contributed by atoms with Crippen molar-refractivity contribution in [2.75, 3.05) is 0 Å². The minimum absolute atomic E-state index is 0. The van der Waals surface area contributed by atoms with Crippen LogP contribution in [0.15, 0.2) is 0 Å². The highest BCUT2D eigenvalue weighted by atomic mass is 28.1. The van der Waals surface area contributed by atoms with Gasteiger partial charge < -0.3 is 5.11 Å². The SMILES string of the molecule is O=C(O)C(F)(F)F.[Si]. The minimum atomic E-state index is -5.08. The molecule has 46 valence electrons. The number of rotatable bonds is 0. The van der Waals surface area contributed by atoms with Crippen LogP contribution >= 0.6 is 0 Å². The number of hydrogen-bond donors (Lipinski definition) is 1. The molecule has 0 aromatic rings. The molecule has 2 nitrogen and oxygen atoms in total. The number of halogens is 3. The zero-order valence-corrected chi connectivity index (χ0v) is 4.49. The van der Waals surface area contributed by atoms with Gasteiger partial charge in [-0.3, -0.25) is 0 Å². The second-order valence-corrected chi connectivity index (χ2v) is 0.803. The van der Waals surface area contributed by atoms with Crippen LogP contribution in [0.25, 0.3) is 0 Å². The Morgan fingerprint density at radius 2 is 1.50 bits per heavy atom. The normalized spacial score (nSPS) is 9.88. The molecular formula is C2HF3O2Si. The van der Waals surface area contributed by atoms with Crippen molar-refractivity contribution >= 4 is 16.9 Å². The Hall–Kier alpha value is -0.523. The Bertz CT molecular complexity index is 87.8. The van der Waals surface area contributed by atoms with Crippen LogP contribution in [0.4, 0.5) is 13.2 Å². The van der Waals surface area contributed by atoms with E-state index in [0.29, 0.717) is 0 Å². The number of carboxylic acid groups (broad SMARTS) is 1. The van der Waals surface area contributed by atoms with Crippen molar-refractivity contribution in [1.29, 1.82) is 0 Å². The molecule has 0 bridgehead atoms. The molecule has 0 rings (SSSR count). The fourth-order valence-corrected chi connectivity index (χ4v) is 0. The Kier molecular flexibility index (Phi) is 3.53. The number of alkyl halides is 3. The molecule has 0 amide bonds. The van der Waals surface area contributed by atoms with E-state index in [1.807, 2.05) is 0 Å². The number of aliphatic carboxylic acids is 1. The maximum Gasteiger partial charge on any atom is 0.490 e. The predicted octanol–water partition coefficient (Wildman–Crippen LogP) is 0.253. The van der Waals surface area contributed by atoms with Crippen LogP contribution in [0.1, 0.15) is 0 Å². The van der Waals surface area contributed by atoms with Gasteiger partial charge in [-0.25, -0.2) is 4.79 Å². The summed E-state index contributed by atoms with van der Waals surface area (Å²) in [6.07, 6.45) is -5.08. The first kappa shape index (κ1) is 10.5. The molecular weight excluding hydrogens is 141 g/mol. The topological polar surface area (TPSA) is 37.3 Å². The highest BCUT2D eigenvalue weighted by Gasteiger charge is 2.38. The molecule has 1 N–H and O–H groups in total. The van der Waals surface area contributed by atoms with Gasteiger partial charge in [0.05, 0.1) is 0 Å². The van der Waals surface area contributed by atoms with E-state index < -0.39 is 12.1 Å². The Morgan fingerprint density at radius 3 is 1.50 bits per heavy atom. The summed E-state index contributed by atoms with van der Waals surface area (Å²) in [6.45, 7) is 0. The van der Waals surface area contributed by atoms with E-state index in [0.717, 1.165) is 0 Å². The van der Waals surface area contributed by atoms with E-state index in [4.69, 9.17) is 9.90 Å². The van der Waals surface area contributed by atoms with E-state index in [1.54, 1.807) is 0 Å². The van der Waals surface area contributed by atoms with Crippen LogP contribution in [-0.2, 0) is 4.79 Å². The van der Waals surface area contributed by atoms with E-state index in [2.05, 4.69) is 0 Å². The lowest BCUT2D eigenvalue weighted by Crippen LogP contribution is -2.21. The molecule has 0 saturated heterocycles. The molecule has 0 spiro atoms. The van der Waals surface area contributed by atoms with Gasteiger partial charge in [0.1, 0.15) is 0 Å². The molecule has 6 heteroatoms. The molecule has 0 aliphatic carbocycles. The Balaban J connectivity index is 0. The van der Waals surface area contributed by atoms with Crippen molar-refractivity contribution in [2.24, 2.45) is 0 Å². The minimum Gasteiger partial charge on any atom is -0.475 e. The van der Waals surface area contributed by atoms with Gasteiger partial charge in [-0.1, -0.05) is 0 Å². The van der Waals surface area contributed by atoms with Crippen molar-refractivity contribution < 1.29 is 23.1 Å². The number of hydrogen-bond acceptors (Lipinski definition) is 1. The predicted molar refractivity (Wildman–Crippen MR) is 19.4 cm³/mol. The van der Waals surface area contributed by atoms with Gasteiger partial charge in [0, 0.05) is 11.0 Å². The van der Waals surface area contributed by atoms with E-state index in [1.165, 1.54) is 0 Å². The van der Waals surface area contributed by atoms with Crippen LogP contribution < -0.4 is 0 Å². The fourth-order valence-electron chi connectivity index (χ4n) is 0. The van der Waals surface area contributed by atoms with Crippen LogP contribution in [0.3, 0.4) is 0 Å². The third-order valence-corrected chi connectivity index (χ3v) is 0.243. The average molecular weight is 142 g/mol. The number of carboxylic acids is 1. The standard InChI is InChI=1S/C2HF3O2.Si/c3-2(4,5)1(6)7;/h(H,6,7);. The molecule has 0 aromatic carbocycles. The van der Waals surface area contributed by atoms with Gasteiger partial charge in [0.25, 0.3) is 0 Å². The lowest BCUT2D eigenvalue weighted by molar-refractivity contribution is -0.192. The largest absolute Gasteiger partial charge is 0.490 e. The van der Waals surface area contributed by atoms with Crippen molar-refractivity contribution in [3.05, 3.63) is 0 Å². The van der Waals surface area contributed by atoms with Gasteiger partial charge >= 0.3 is 12.1 Å². The summed E-state index contributed by atoms with van der Waals surface area (Å²) in [7, 11) is 0. The molecule has 0 fully saturated rings. The fraction of sp³-hybridized carbons (Fsp3) is 0.500. The van der Waals surface area contributed by atoms with Crippen LogP contribution in [0.5, 0.6) is 0 Å². The van der Waals surface area contributed by atoms with Crippen molar-refractivity contribution in [1.82, 2.24) is 0 Å². The van der Waals surface area contributed by atoms with E-state index in [9.17, 15) is 13.2 Å². The van der Waals surface area contributed by atoms with Gasteiger partial charge in [-0.05, 0) is 0 Å². The molecule has 0 aliphatic rings. The van der Waals surface area contributed by atoms with Gasteiger partial charge in [0.2, 0.25) is 0 Å². The molecule has 4 radical (unpaired) electrons. The molecule has 0 unspecified atom stereocenters. The second-order valence-electron chi connectivity index (χ2n) is 0.803. The van der Waals surface area contributed by atoms with Crippen LogP contribution in [0.2, 0.25) is 0 Å². The average Bonchev–Trinajstić information content (AvgIpc) is 1.31. The third-order valence-electron chi connectivity index (χ3n) is 0.243. The van der Waals surface area contributed by atoms with Crippen molar-refractivity contribution in [2.45, 2.75) is 6.18 Å². The van der Waals surface area contributed by atoms with Gasteiger partial charge in [-0.2, -0.15) is 13.2 Å². The van der Waals surface area contributed by atoms with E-state index in [-0.39, 0.29) is 11.0 Å². The smallest absolute Gasteiger partial charge is 0.475 e. The van der Waals surface area contributed by atoms with Crippen LogP contribution in [0, 0.1) is 0 Å². The van der Waals surface area contributed by atoms with E-state index >= 15 is 0 Å². The summed E-state index contributed by atoms with van der Waals surface area (Å²) in [4.78, 5) is 8.90. The molecule has 8 heavy (non-hydrogen) atoms. The third kappa shape index (κ3) is 3.66. The maximum atomic E-state index is 10.6. The van der Waals surface area contributed by atoms with Gasteiger partial charge in [0.15, 0.2) is 0 Å². The first-order valence-electron chi connectivity index (χ1n) is 1.24. The van der Waals surface area contributed by atoms with Crippen LogP contribution in [-0.4, -0.2) is 28.2 Å². The zero-order valence-electron chi connectivity index (χ0n) is 3.49. The first-order valence-corrected chi connectivity index (χ1v) is 1.24. The van der Waals surface area contributed by atoms with Gasteiger partial charge in [-0.15, -0.1) is 0 Å². The zero-order chi connectivity index (χ0) is 6.08. The summed E-state index contributed by atoms with van der Waals surface area (Å²) in [5.41, 5.74) is 0. The summed E-state index contributed by atoms with van der Waals surface area (Å²) >= 11 is 0. The molecule has 0 saturated carbocycles. The molecule has 0 aliphatic heterocycles. The summed E-state index contributed by atoms with van der Waals surface area (Å²) in [6, 6.07) is 0. The first-order chi connectivity index (χ1) is 2.94. The Labute approximate surface area is 47.3 Å². The molecule has 0 aromatic heterocycles. The van der Waals surface area contributed by atoms with Crippen molar-refractivity contribution in [3.8, 4) is 0 Å². The summed E-state index contributed by atoms with van der Waals surface area (Å²) in [5, 5.41) is 7.12. The molecule has 0 heterocycles. The highest BCUT2D eigenvalue weighted by Crippen LogP contribution is 2.13. The quantitative estimate of drug-likeness (QED) is 0.492. The summed E-state index contributed by atoms with van der Waals surface area (Å²) in [5.74, 6) is -2.76. The lowest BCUT2D eigenvalue weighted by Gasteiger charge is -1.93. The second kappa shape index (κ2) is 2.70. The number of carbonyl (C=O) groups is 1. The van der Waals surface area contributed by atoms with Crippen molar-refractivity contribution in [3.63, 3.8) is 0 Å². The maximum absolute atomic E-state index is 10.6. The highest BCUT2D eigenvalue weighted by molar-refractivity contribution is 5.75. The molecule has 0 atom stereocenters.